The van der Waals surface area contributed by atoms with Gasteiger partial charge < -0.3 is 29.7 Å². The van der Waals surface area contributed by atoms with Crippen molar-refractivity contribution >= 4 is 29.3 Å². The number of carbonyl (C=O) groups excluding carboxylic acids is 2. The molecule has 50 heavy (non-hydrogen) atoms. The summed E-state index contributed by atoms with van der Waals surface area (Å²) in [4.78, 5) is 47.2. The Balaban J connectivity index is 1.02. The van der Waals surface area contributed by atoms with Crippen molar-refractivity contribution in [2.45, 2.75) is 85.3 Å². The van der Waals surface area contributed by atoms with E-state index in [-0.39, 0.29) is 28.9 Å². The van der Waals surface area contributed by atoms with Crippen LogP contribution in [0.4, 0.5) is 22.1 Å². The van der Waals surface area contributed by atoms with Crippen LogP contribution in [0, 0.1) is 12.3 Å². The average molecular weight is 682 g/mol. The molecule has 0 aliphatic carbocycles. The van der Waals surface area contributed by atoms with Crippen LogP contribution in [0.1, 0.15) is 95.0 Å². The van der Waals surface area contributed by atoms with E-state index in [1.165, 1.54) is 6.33 Å². The molecule has 2 N–H and O–H groups in total. The molecular weight excluding hydrogens is 634 g/mol. The van der Waals surface area contributed by atoms with Crippen LogP contribution in [0.3, 0.4) is 0 Å². The van der Waals surface area contributed by atoms with Gasteiger partial charge in [0.15, 0.2) is 5.82 Å². The summed E-state index contributed by atoms with van der Waals surface area (Å²) >= 11 is 0. The zero-order valence-electron chi connectivity index (χ0n) is 30.2. The molecule has 2 saturated heterocycles. The lowest BCUT2D eigenvalue weighted by atomic mass is 9.72. The molecule has 0 bridgehead atoms. The molecule has 0 radical (unpaired) electrons. The number of amides is 2. The normalized spacial score (nSPS) is 16.5. The summed E-state index contributed by atoms with van der Waals surface area (Å²) in [6, 6.07) is 11.7. The minimum Gasteiger partial charge on any atom is -0.444 e. The third-order valence-corrected chi connectivity index (χ3v) is 9.24. The van der Waals surface area contributed by atoms with Crippen molar-refractivity contribution in [1.82, 2.24) is 35.3 Å². The molecule has 4 aromatic rings. The van der Waals surface area contributed by atoms with Crippen molar-refractivity contribution in [2.75, 3.05) is 36.4 Å². The van der Waals surface area contributed by atoms with E-state index in [1.807, 2.05) is 96.8 Å². The Bertz CT molecular complexity index is 1840. The molecular formula is C37H47N9O4. The first-order chi connectivity index (χ1) is 23.6. The van der Waals surface area contributed by atoms with Gasteiger partial charge in [0.25, 0.3) is 0 Å². The fourth-order valence-electron chi connectivity index (χ4n) is 6.41. The zero-order valence-corrected chi connectivity index (χ0v) is 30.2. The molecule has 2 fully saturated rings. The maximum Gasteiger partial charge on any atom is 0.410 e. The number of piperidine rings is 1. The second-order valence-electron chi connectivity index (χ2n) is 15.6. The number of rotatable bonds is 7. The first-order valence-corrected chi connectivity index (χ1v) is 17.1. The molecule has 2 aliphatic rings. The van der Waals surface area contributed by atoms with Gasteiger partial charge in [-0.2, -0.15) is 4.98 Å². The van der Waals surface area contributed by atoms with Gasteiger partial charge in [-0.05, 0) is 76.8 Å². The molecule has 1 spiro atoms. The number of ether oxygens (including phenoxy) is 1. The zero-order chi connectivity index (χ0) is 35.8. The highest BCUT2D eigenvalue weighted by Crippen LogP contribution is 2.42. The maximum absolute atomic E-state index is 12.8. The average Bonchev–Trinajstić information content (AvgIpc) is 3.55. The van der Waals surface area contributed by atoms with E-state index in [2.05, 4.69) is 46.7 Å². The van der Waals surface area contributed by atoms with E-state index >= 15 is 0 Å². The minimum absolute atomic E-state index is 0.0517. The number of carbonyl (C=O) groups is 2. The summed E-state index contributed by atoms with van der Waals surface area (Å²) in [7, 11) is 0. The van der Waals surface area contributed by atoms with E-state index in [0.717, 1.165) is 67.1 Å². The molecule has 264 valence electrons. The third kappa shape index (κ3) is 7.87. The Morgan fingerprint density at radius 2 is 1.70 bits per heavy atom. The van der Waals surface area contributed by atoms with E-state index in [1.54, 1.807) is 0 Å². The van der Waals surface area contributed by atoms with Gasteiger partial charge >= 0.3 is 17.9 Å². The Hall–Kier alpha value is -5.07. The molecule has 3 aromatic heterocycles. The van der Waals surface area contributed by atoms with Crippen molar-refractivity contribution in [2.24, 2.45) is 5.41 Å². The summed E-state index contributed by atoms with van der Waals surface area (Å²) in [5.74, 6) is 1.34. The number of benzene rings is 1. The standard InChI is InChI=1S/C37H47N9O4/c1-23-17-25(9-11-27(23)24(2)41-31(47)32-43-33(44-50-32)35(3,4)5)28-18-30(40-22-39-28)42-29-12-10-26(19-38-29)45-15-13-37(14-16-45)20-46(21-37)34(48)49-36(6,7)8/h9-12,17-19,22,24H,13-16,20-21H2,1-8H3,(H,41,47)(H,38,39,40,42)/t24-/m1/s1. The van der Waals surface area contributed by atoms with Gasteiger partial charge in [-0.15, -0.1) is 0 Å². The summed E-state index contributed by atoms with van der Waals surface area (Å²) in [6.45, 7) is 18.9. The van der Waals surface area contributed by atoms with Crippen LogP contribution in [-0.2, 0) is 10.2 Å². The summed E-state index contributed by atoms with van der Waals surface area (Å²) in [5.41, 5.74) is 4.12. The number of aromatic nitrogens is 5. The Kier molecular flexibility index (Phi) is 9.27. The molecule has 1 atom stereocenters. The number of nitrogens with zero attached hydrogens (tertiary/aromatic N) is 7. The predicted molar refractivity (Wildman–Crippen MR) is 190 cm³/mol. The molecule has 5 heterocycles. The monoisotopic (exact) mass is 681 g/mol. The Labute approximate surface area is 293 Å². The van der Waals surface area contributed by atoms with Crippen LogP contribution in [0.5, 0.6) is 0 Å². The van der Waals surface area contributed by atoms with Crippen molar-refractivity contribution in [3.63, 3.8) is 0 Å². The predicted octanol–water partition coefficient (Wildman–Crippen LogP) is 6.60. The number of likely N-dealkylation sites (tertiary alicyclic amines) is 1. The second kappa shape index (κ2) is 13.3. The number of pyridine rings is 1. The lowest BCUT2D eigenvalue weighted by Gasteiger charge is -2.53. The molecule has 2 amide bonds. The van der Waals surface area contributed by atoms with E-state index in [0.29, 0.717) is 17.5 Å². The summed E-state index contributed by atoms with van der Waals surface area (Å²) in [6.07, 6.45) is 5.26. The number of hydrogen-bond donors (Lipinski definition) is 2. The summed E-state index contributed by atoms with van der Waals surface area (Å²) in [5, 5.41) is 10.2. The summed E-state index contributed by atoms with van der Waals surface area (Å²) < 4.78 is 10.7. The Morgan fingerprint density at radius 3 is 2.32 bits per heavy atom. The number of anilines is 3. The van der Waals surface area contributed by atoms with Crippen LogP contribution >= 0.6 is 0 Å². The topological polar surface area (TPSA) is 152 Å². The fraction of sp³-hybridized carbons (Fsp3) is 0.486. The van der Waals surface area contributed by atoms with Gasteiger partial charge in [-0.25, -0.2) is 19.7 Å². The van der Waals surface area contributed by atoms with Crippen molar-refractivity contribution in [3.8, 4) is 11.3 Å². The highest BCUT2D eigenvalue weighted by Gasteiger charge is 2.47. The van der Waals surface area contributed by atoms with E-state index in [4.69, 9.17) is 9.26 Å². The highest BCUT2D eigenvalue weighted by molar-refractivity contribution is 5.89. The maximum atomic E-state index is 12.8. The lowest BCUT2D eigenvalue weighted by Crippen LogP contribution is -2.62. The Morgan fingerprint density at radius 1 is 0.960 bits per heavy atom. The molecule has 6 rings (SSSR count). The molecule has 2 aliphatic heterocycles. The number of aryl methyl sites for hydroxylation is 1. The highest BCUT2D eigenvalue weighted by atomic mass is 16.6. The first-order valence-electron chi connectivity index (χ1n) is 17.1. The first kappa shape index (κ1) is 34.8. The van der Waals surface area contributed by atoms with Crippen molar-refractivity contribution in [3.05, 3.63) is 71.8 Å². The van der Waals surface area contributed by atoms with Crippen LogP contribution < -0.4 is 15.5 Å². The van der Waals surface area contributed by atoms with Gasteiger partial charge in [0.05, 0.1) is 23.6 Å². The largest absolute Gasteiger partial charge is 0.444 e. The fourth-order valence-corrected chi connectivity index (χ4v) is 6.41. The smallest absolute Gasteiger partial charge is 0.410 e. The lowest BCUT2D eigenvalue weighted by molar-refractivity contribution is -0.0434. The van der Waals surface area contributed by atoms with Crippen LogP contribution in [-0.4, -0.2) is 73.8 Å². The van der Waals surface area contributed by atoms with E-state index < -0.39 is 11.5 Å². The van der Waals surface area contributed by atoms with Crippen molar-refractivity contribution < 1.29 is 18.8 Å². The van der Waals surface area contributed by atoms with Gasteiger partial charge in [-0.1, -0.05) is 38.1 Å². The molecule has 0 unspecified atom stereocenters. The minimum atomic E-state index is -0.476. The second-order valence-corrected chi connectivity index (χ2v) is 15.6. The van der Waals surface area contributed by atoms with Crippen LogP contribution in [0.15, 0.2) is 53.4 Å². The van der Waals surface area contributed by atoms with Gasteiger partial charge in [0, 0.05) is 48.6 Å². The van der Waals surface area contributed by atoms with Gasteiger partial charge in [-0.3, -0.25) is 4.79 Å². The van der Waals surface area contributed by atoms with Crippen molar-refractivity contribution in [1.29, 1.82) is 0 Å². The quantitative estimate of drug-likeness (QED) is 0.217. The van der Waals surface area contributed by atoms with Gasteiger partial charge in [0.1, 0.15) is 23.6 Å². The molecule has 13 heteroatoms. The SMILES string of the molecule is Cc1cc(-c2cc(Nc3ccc(N4CCC5(CC4)CN(C(=O)OC(C)(C)C)C5)cn3)ncn2)ccc1[C@@H](C)NC(=O)c1nc(C(C)(C)C)no1. The van der Waals surface area contributed by atoms with Crippen LogP contribution in [0.25, 0.3) is 11.3 Å². The number of nitrogens with one attached hydrogen (secondary N) is 2. The van der Waals surface area contributed by atoms with Crippen LogP contribution in [0.2, 0.25) is 0 Å². The molecule has 13 nitrogen and oxygen atoms in total. The molecule has 0 saturated carbocycles. The molecule has 1 aromatic carbocycles. The van der Waals surface area contributed by atoms with E-state index in [9.17, 15) is 9.59 Å². The third-order valence-electron chi connectivity index (χ3n) is 9.24. The van der Waals surface area contributed by atoms with Gasteiger partial charge in [0.2, 0.25) is 0 Å². The number of hydrogen-bond acceptors (Lipinski definition) is 11.